The summed E-state index contributed by atoms with van der Waals surface area (Å²) in [6, 6.07) is 4.88. The molecule has 1 fully saturated rings. The van der Waals surface area contributed by atoms with Crippen molar-refractivity contribution in [1.82, 2.24) is 9.62 Å². The van der Waals surface area contributed by atoms with E-state index >= 15 is 0 Å². The van der Waals surface area contributed by atoms with Crippen molar-refractivity contribution in [2.45, 2.75) is 45.4 Å². The van der Waals surface area contributed by atoms with Gasteiger partial charge in [-0.15, -0.1) is 0 Å². The zero-order chi connectivity index (χ0) is 19.5. The summed E-state index contributed by atoms with van der Waals surface area (Å²) in [4.78, 5) is 12.5. The van der Waals surface area contributed by atoms with Crippen LogP contribution in [0.15, 0.2) is 18.2 Å². The van der Waals surface area contributed by atoms with E-state index in [0.29, 0.717) is 40.9 Å². The molecular formula is C18H26Cl2N2O3S. The van der Waals surface area contributed by atoms with Gasteiger partial charge in [-0.2, -0.15) is 0 Å². The van der Waals surface area contributed by atoms with E-state index in [9.17, 15) is 13.2 Å². The number of amides is 1. The summed E-state index contributed by atoms with van der Waals surface area (Å²) in [7, 11) is -3.53. The Morgan fingerprint density at radius 1 is 1.27 bits per heavy atom. The molecule has 0 bridgehead atoms. The van der Waals surface area contributed by atoms with Gasteiger partial charge in [0.05, 0.1) is 21.7 Å². The van der Waals surface area contributed by atoms with E-state index in [0.717, 1.165) is 0 Å². The van der Waals surface area contributed by atoms with Crippen molar-refractivity contribution in [3.05, 3.63) is 33.8 Å². The van der Waals surface area contributed by atoms with Gasteiger partial charge in [0.15, 0.2) is 0 Å². The summed E-state index contributed by atoms with van der Waals surface area (Å²) < 4.78 is 27.0. The molecule has 1 saturated heterocycles. The van der Waals surface area contributed by atoms with Crippen LogP contribution in [0.4, 0.5) is 0 Å². The molecule has 2 atom stereocenters. The standard InChI is InChI=1S/C18H26Cl2N2O3S/c1-12(2)13(3)21-18(23)15-5-4-8-22(10-15)26(24,25)11-14-6-7-16(19)17(20)9-14/h6-7,9,12-13,15H,4-5,8,10-11H2,1-3H3,(H,21,23)/t13-,15-/m0/s1. The molecule has 1 aliphatic rings. The van der Waals surface area contributed by atoms with Crippen LogP contribution < -0.4 is 5.32 Å². The number of nitrogens with one attached hydrogen (secondary N) is 1. The predicted molar refractivity (Wildman–Crippen MR) is 106 cm³/mol. The Morgan fingerprint density at radius 3 is 2.58 bits per heavy atom. The first-order chi connectivity index (χ1) is 12.1. The second-order valence-electron chi connectivity index (χ2n) is 7.24. The quantitative estimate of drug-likeness (QED) is 0.762. The molecule has 0 aliphatic carbocycles. The van der Waals surface area contributed by atoms with E-state index in [-0.39, 0.29) is 30.2 Å². The van der Waals surface area contributed by atoms with Gasteiger partial charge in [0.2, 0.25) is 15.9 Å². The van der Waals surface area contributed by atoms with E-state index in [1.54, 1.807) is 18.2 Å². The van der Waals surface area contributed by atoms with E-state index in [1.165, 1.54) is 4.31 Å². The predicted octanol–water partition coefficient (Wildman–Crippen LogP) is 3.70. The molecule has 2 rings (SSSR count). The van der Waals surface area contributed by atoms with Gasteiger partial charge in [-0.3, -0.25) is 4.79 Å². The van der Waals surface area contributed by atoms with Gasteiger partial charge in [0.1, 0.15) is 0 Å². The first-order valence-electron chi connectivity index (χ1n) is 8.82. The number of benzene rings is 1. The zero-order valence-electron chi connectivity index (χ0n) is 15.3. The fourth-order valence-electron chi connectivity index (χ4n) is 2.85. The minimum Gasteiger partial charge on any atom is -0.353 e. The molecular weight excluding hydrogens is 395 g/mol. The van der Waals surface area contributed by atoms with Crippen LogP contribution in [0.2, 0.25) is 10.0 Å². The lowest BCUT2D eigenvalue weighted by Crippen LogP contribution is -2.48. The van der Waals surface area contributed by atoms with Crippen LogP contribution in [0.25, 0.3) is 0 Å². The molecule has 8 heteroatoms. The third-order valence-corrected chi connectivity index (χ3v) is 7.41. The number of carbonyl (C=O) groups is 1. The Bertz CT molecular complexity index is 753. The number of hydrogen-bond acceptors (Lipinski definition) is 3. The van der Waals surface area contributed by atoms with Gasteiger partial charge >= 0.3 is 0 Å². The molecule has 1 heterocycles. The first-order valence-corrected chi connectivity index (χ1v) is 11.2. The Morgan fingerprint density at radius 2 is 1.96 bits per heavy atom. The van der Waals surface area contributed by atoms with Crippen LogP contribution in [0.3, 0.4) is 0 Å². The average Bonchev–Trinajstić information content (AvgIpc) is 2.58. The lowest BCUT2D eigenvalue weighted by atomic mass is 9.97. The number of nitrogens with zero attached hydrogens (tertiary/aromatic N) is 1. The third-order valence-electron chi connectivity index (χ3n) is 4.85. The second kappa shape index (κ2) is 8.91. The van der Waals surface area contributed by atoms with Gasteiger partial charge in [-0.05, 0) is 43.4 Å². The molecule has 1 amide bonds. The molecule has 26 heavy (non-hydrogen) atoms. The highest BCUT2D eigenvalue weighted by Crippen LogP contribution is 2.26. The summed E-state index contributed by atoms with van der Waals surface area (Å²) in [5, 5.41) is 3.71. The van der Waals surface area contributed by atoms with Crippen molar-refractivity contribution in [2.75, 3.05) is 13.1 Å². The number of hydrogen-bond donors (Lipinski definition) is 1. The van der Waals surface area contributed by atoms with Gasteiger partial charge in [0, 0.05) is 19.1 Å². The molecule has 1 aliphatic heterocycles. The average molecular weight is 421 g/mol. The summed E-state index contributed by atoms with van der Waals surface area (Å²) in [6.07, 6.45) is 1.38. The van der Waals surface area contributed by atoms with Crippen LogP contribution in [0, 0.1) is 11.8 Å². The van der Waals surface area contributed by atoms with Crippen LogP contribution >= 0.6 is 23.2 Å². The van der Waals surface area contributed by atoms with Crippen molar-refractivity contribution in [1.29, 1.82) is 0 Å². The van der Waals surface area contributed by atoms with Crippen molar-refractivity contribution in [3.63, 3.8) is 0 Å². The van der Waals surface area contributed by atoms with Crippen molar-refractivity contribution < 1.29 is 13.2 Å². The number of sulfonamides is 1. The molecule has 0 saturated carbocycles. The maximum Gasteiger partial charge on any atom is 0.224 e. The third kappa shape index (κ3) is 5.59. The molecule has 1 N–H and O–H groups in total. The van der Waals surface area contributed by atoms with E-state index in [1.807, 2.05) is 20.8 Å². The maximum atomic E-state index is 12.8. The Hall–Kier alpha value is -0.820. The monoisotopic (exact) mass is 420 g/mol. The summed E-state index contributed by atoms with van der Waals surface area (Å²) in [5.74, 6) is -0.202. The minimum absolute atomic E-state index is 0.0608. The van der Waals surface area contributed by atoms with Crippen LogP contribution in [-0.4, -0.2) is 37.8 Å². The Balaban J connectivity index is 2.04. The van der Waals surface area contributed by atoms with Crippen LogP contribution in [0.1, 0.15) is 39.2 Å². The van der Waals surface area contributed by atoms with Gasteiger partial charge in [-0.1, -0.05) is 43.1 Å². The van der Waals surface area contributed by atoms with Gasteiger partial charge in [0.25, 0.3) is 0 Å². The smallest absolute Gasteiger partial charge is 0.224 e. The lowest BCUT2D eigenvalue weighted by Gasteiger charge is -2.32. The first kappa shape index (κ1) is 21.5. The number of halogens is 2. The molecule has 146 valence electrons. The topological polar surface area (TPSA) is 66.5 Å². The largest absolute Gasteiger partial charge is 0.353 e. The van der Waals surface area contributed by atoms with Crippen molar-refractivity contribution >= 4 is 39.1 Å². The SMILES string of the molecule is CC(C)[C@H](C)NC(=O)[C@H]1CCCN(S(=O)(=O)Cc2ccc(Cl)c(Cl)c2)C1. The zero-order valence-corrected chi connectivity index (χ0v) is 17.7. The minimum atomic E-state index is -3.53. The molecule has 0 unspecified atom stereocenters. The van der Waals surface area contributed by atoms with E-state index < -0.39 is 10.0 Å². The molecule has 1 aromatic rings. The summed E-state index contributed by atoms with van der Waals surface area (Å²) in [6.45, 7) is 6.71. The normalized spacial score (nSPS) is 20.2. The van der Waals surface area contributed by atoms with Gasteiger partial charge in [-0.25, -0.2) is 12.7 Å². The fourth-order valence-corrected chi connectivity index (χ4v) is 4.77. The van der Waals surface area contributed by atoms with Crippen molar-refractivity contribution in [2.24, 2.45) is 11.8 Å². The molecule has 0 radical (unpaired) electrons. The summed E-state index contributed by atoms with van der Waals surface area (Å²) in [5.41, 5.74) is 0.583. The number of rotatable bonds is 6. The number of carbonyl (C=O) groups excluding carboxylic acids is 1. The highest BCUT2D eigenvalue weighted by Gasteiger charge is 2.33. The number of piperidine rings is 1. The highest BCUT2D eigenvalue weighted by atomic mass is 35.5. The van der Waals surface area contributed by atoms with Crippen LogP contribution in [0.5, 0.6) is 0 Å². The Kier molecular flexibility index (Phi) is 7.36. The molecule has 5 nitrogen and oxygen atoms in total. The summed E-state index contributed by atoms with van der Waals surface area (Å²) >= 11 is 11.9. The Labute approximate surface area is 166 Å². The van der Waals surface area contributed by atoms with Crippen molar-refractivity contribution in [3.8, 4) is 0 Å². The van der Waals surface area contributed by atoms with E-state index in [2.05, 4.69) is 5.32 Å². The van der Waals surface area contributed by atoms with Gasteiger partial charge < -0.3 is 5.32 Å². The molecule has 0 aromatic heterocycles. The fraction of sp³-hybridized carbons (Fsp3) is 0.611. The second-order valence-corrected chi connectivity index (χ2v) is 10.0. The lowest BCUT2D eigenvalue weighted by molar-refractivity contribution is -0.127. The van der Waals surface area contributed by atoms with Crippen LogP contribution in [-0.2, 0) is 20.6 Å². The molecule has 1 aromatic carbocycles. The highest BCUT2D eigenvalue weighted by molar-refractivity contribution is 7.88. The maximum absolute atomic E-state index is 12.8. The molecule has 0 spiro atoms. The van der Waals surface area contributed by atoms with E-state index in [4.69, 9.17) is 23.2 Å².